The van der Waals surface area contributed by atoms with Gasteiger partial charge < -0.3 is 10.1 Å². The Bertz CT molecular complexity index is 917. The fourth-order valence-electron chi connectivity index (χ4n) is 3.45. The Hall–Kier alpha value is -3.07. The minimum Gasteiger partial charge on any atom is -0.489 e. The molecule has 0 unspecified atom stereocenters. The summed E-state index contributed by atoms with van der Waals surface area (Å²) in [5, 5.41) is 2.97. The minimum atomic E-state index is -0.0682. The summed E-state index contributed by atoms with van der Waals surface area (Å²) in [6.45, 7) is 0.529. The van der Waals surface area contributed by atoms with Gasteiger partial charge in [0.15, 0.2) is 0 Å². The van der Waals surface area contributed by atoms with Crippen molar-refractivity contribution >= 4 is 11.6 Å². The van der Waals surface area contributed by atoms with Crippen LogP contribution in [0.15, 0.2) is 72.8 Å². The standard InChI is InChI=1S/C24H23NO2/c26-24(21-11-10-19-8-4-5-9-20(19)16-21)25-22-12-14-23(15-13-22)27-17-18-6-2-1-3-7-18/h1-3,6-7,10-16H,4-5,8-9,17H2,(H,25,26). The van der Waals surface area contributed by atoms with Crippen LogP contribution in [0.4, 0.5) is 5.69 Å². The summed E-state index contributed by atoms with van der Waals surface area (Å²) < 4.78 is 5.79. The number of fused-ring (bicyclic) bond motifs is 1. The molecule has 0 saturated carbocycles. The average Bonchev–Trinajstić information content (AvgIpc) is 2.73. The predicted molar refractivity (Wildman–Crippen MR) is 108 cm³/mol. The quantitative estimate of drug-likeness (QED) is 0.664. The van der Waals surface area contributed by atoms with Crippen molar-refractivity contribution < 1.29 is 9.53 Å². The molecule has 0 aliphatic heterocycles. The van der Waals surface area contributed by atoms with Gasteiger partial charge in [-0.1, -0.05) is 36.4 Å². The average molecular weight is 357 g/mol. The van der Waals surface area contributed by atoms with E-state index in [-0.39, 0.29) is 5.91 Å². The molecular weight excluding hydrogens is 334 g/mol. The van der Waals surface area contributed by atoms with Gasteiger partial charge in [-0.05, 0) is 78.8 Å². The number of nitrogens with one attached hydrogen (secondary N) is 1. The molecule has 1 aliphatic carbocycles. The van der Waals surface area contributed by atoms with Crippen LogP contribution >= 0.6 is 0 Å². The summed E-state index contributed by atoms with van der Waals surface area (Å²) >= 11 is 0. The number of ether oxygens (including phenoxy) is 1. The molecule has 1 N–H and O–H groups in total. The van der Waals surface area contributed by atoms with Crippen molar-refractivity contribution in [3.05, 3.63) is 95.1 Å². The topological polar surface area (TPSA) is 38.3 Å². The van der Waals surface area contributed by atoms with Gasteiger partial charge in [-0.2, -0.15) is 0 Å². The van der Waals surface area contributed by atoms with Crippen LogP contribution in [0.3, 0.4) is 0 Å². The number of rotatable bonds is 5. The van der Waals surface area contributed by atoms with Crippen molar-refractivity contribution in [1.82, 2.24) is 0 Å². The van der Waals surface area contributed by atoms with Crippen molar-refractivity contribution in [2.45, 2.75) is 32.3 Å². The molecule has 136 valence electrons. The largest absolute Gasteiger partial charge is 0.489 e. The molecule has 27 heavy (non-hydrogen) atoms. The number of carbonyl (C=O) groups is 1. The molecule has 0 aromatic heterocycles. The first kappa shape index (κ1) is 17.3. The van der Waals surface area contributed by atoms with E-state index in [1.54, 1.807) is 0 Å². The van der Waals surface area contributed by atoms with Gasteiger partial charge in [0.05, 0.1) is 0 Å². The number of hydrogen-bond acceptors (Lipinski definition) is 2. The van der Waals surface area contributed by atoms with Crippen molar-refractivity contribution in [2.24, 2.45) is 0 Å². The highest BCUT2D eigenvalue weighted by Gasteiger charge is 2.13. The molecule has 1 amide bonds. The second-order valence-electron chi connectivity index (χ2n) is 6.94. The van der Waals surface area contributed by atoms with Gasteiger partial charge in [0.1, 0.15) is 12.4 Å². The summed E-state index contributed by atoms with van der Waals surface area (Å²) in [7, 11) is 0. The first-order valence-electron chi connectivity index (χ1n) is 9.48. The van der Waals surface area contributed by atoms with E-state index in [0.717, 1.165) is 35.4 Å². The Morgan fingerprint density at radius 2 is 1.59 bits per heavy atom. The lowest BCUT2D eigenvalue weighted by Crippen LogP contribution is -2.13. The smallest absolute Gasteiger partial charge is 0.255 e. The van der Waals surface area contributed by atoms with Crippen molar-refractivity contribution in [2.75, 3.05) is 5.32 Å². The maximum absolute atomic E-state index is 12.6. The van der Waals surface area contributed by atoms with Gasteiger partial charge in [-0.15, -0.1) is 0 Å². The van der Waals surface area contributed by atoms with E-state index < -0.39 is 0 Å². The van der Waals surface area contributed by atoms with Crippen molar-refractivity contribution in [3.8, 4) is 5.75 Å². The lowest BCUT2D eigenvalue weighted by Gasteiger charge is -2.16. The highest BCUT2D eigenvalue weighted by atomic mass is 16.5. The lowest BCUT2D eigenvalue weighted by molar-refractivity contribution is 0.102. The van der Waals surface area contributed by atoms with Crippen molar-refractivity contribution in [3.63, 3.8) is 0 Å². The minimum absolute atomic E-state index is 0.0682. The second kappa shape index (κ2) is 8.09. The number of amides is 1. The van der Waals surface area contributed by atoms with Crippen LogP contribution in [0, 0.1) is 0 Å². The van der Waals surface area contributed by atoms with Gasteiger partial charge >= 0.3 is 0 Å². The van der Waals surface area contributed by atoms with E-state index in [4.69, 9.17) is 4.74 Å². The van der Waals surface area contributed by atoms with E-state index in [1.165, 1.54) is 24.0 Å². The third-order valence-corrected chi connectivity index (χ3v) is 4.97. The summed E-state index contributed by atoms with van der Waals surface area (Å²) in [6.07, 6.45) is 4.66. The summed E-state index contributed by atoms with van der Waals surface area (Å²) in [5.74, 6) is 0.715. The summed E-state index contributed by atoms with van der Waals surface area (Å²) in [6, 6.07) is 23.6. The first-order chi connectivity index (χ1) is 13.3. The summed E-state index contributed by atoms with van der Waals surface area (Å²) in [4.78, 5) is 12.6. The third-order valence-electron chi connectivity index (χ3n) is 4.97. The molecule has 3 aromatic rings. The fourth-order valence-corrected chi connectivity index (χ4v) is 3.45. The maximum Gasteiger partial charge on any atom is 0.255 e. The molecule has 0 saturated heterocycles. The SMILES string of the molecule is O=C(Nc1ccc(OCc2ccccc2)cc1)c1ccc2c(c1)CCCC2. The molecule has 0 spiro atoms. The van der Waals surface area contributed by atoms with Gasteiger partial charge in [-0.3, -0.25) is 4.79 Å². The van der Waals surface area contributed by atoms with Gasteiger partial charge in [-0.25, -0.2) is 0 Å². The molecule has 3 nitrogen and oxygen atoms in total. The Balaban J connectivity index is 1.37. The van der Waals surface area contributed by atoms with E-state index in [9.17, 15) is 4.79 Å². The number of hydrogen-bond donors (Lipinski definition) is 1. The van der Waals surface area contributed by atoms with Crippen LogP contribution < -0.4 is 10.1 Å². The molecule has 0 fully saturated rings. The zero-order valence-corrected chi connectivity index (χ0v) is 15.3. The molecule has 0 bridgehead atoms. The van der Waals surface area contributed by atoms with Gasteiger partial charge in [0, 0.05) is 11.3 Å². The Morgan fingerprint density at radius 1 is 0.852 bits per heavy atom. The van der Waals surface area contributed by atoms with Crippen LogP contribution in [0.25, 0.3) is 0 Å². The molecule has 0 radical (unpaired) electrons. The van der Waals surface area contributed by atoms with E-state index in [0.29, 0.717) is 6.61 Å². The second-order valence-corrected chi connectivity index (χ2v) is 6.94. The number of anilines is 1. The third kappa shape index (κ3) is 4.37. The maximum atomic E-state index is 12.6. The molecule has 0 heterocycles. The monoisotopic (exact) mass is 357 g/mol. The van der Waals surface area contributed by atoms with Crippen LogP contribution in [-0.4, -0.2) is 5.91 Å². The number of aryl methyl sites for hydroxylation is 2. The van der Waals surface area contributed by atoms with E-state index in [1.807, 2.05) is 66.7 Å². The van der Waals surface area contributed by atoms with Crippen LogP contribution in [0.1, 0.15) is 39.9 Å². The zero-order chi connectivity index (χ0) is 18.5. The highest BCUT2D eigenvalue weighted by molar-refractivity contribution is 6.04. The van der Waals surface area contributed by atoms with Crippen molar-refractivity contribution in [1.29, 1.82) is 0 Å². The summed E-state index contributed by atoms with van der Waals surface area (Å²) in [5.41, 5.74) is 5.32. The zero-order valence-electron chi connectivity index (χ0n) is 15.3. The van der Waals surface area contributed by atoms with Crippen LogP contribution in [-0.2, 0) is 19.4 Å². The molecule has 1 aliphatic rings. The molecular formula is C24H23NO2. The number of carbonyl (C=O) groups excluding carboxylic acids is 1. The van der Waals surface area contributed by atoms with Gasteiger partial charge in [0.25, 0.3) is 5.91 Å². The molecule has 3 aromatic carbocycles. The highest BCUT2D eigenvalue weighted by Crippen LogP contribution is 2.23. The van der Waals surface area contributed by atoms with Crippen LogP contribution in [0.2, 0.25) is 0 Å². The van der Waals surface area contributed by atoms with E-state index in [2.05, 4.69) is 11.4 Å². The Kier molecular flexibility index (Phi) is 5.20. The van der Waals surface area contributed by atoms with E-state index >= 15 is 0 Å². The van der Waals surface area contributed by atoms with Crippen LogP contribution in [0.5, 0.6) is 5.75 Å². The van der Waals surface area contributed by atoms with Gasteiger partial charge in [0.2, 0.25) is 0 Å². The fraction of sp³-hybridized carbons (Fsp3) is 0.208. The molecule has 3 heteroatoms. The Labute approximate surface area is 160 Å². The molecule has 0 atom stereocenters. The lowest BCUT2D eigenvalue weighted by atomic mass is 9.90. The normalized spacial score (nSPS) is 12.9. The number of benzene rings is 3. The predicted octanol–water partition coefficient (Wildman–Crippen LogP) is 5.40. The Morgan fingerprint density at radius 3 is 2.37 bits per heavy atom. The molecule has 4 rings (SSSR count). The first-order valence-corrected chi connectivity index (χ1v) is 9.48.